The predicted molar refractivity (Wildman–Crippen MR) is 251 cm³/mol. The standard InChI is InChI=1S/2C24H20FN5O3.2CH4/c2*25-15-5-7-30-19(12-27-21(30)9-15)16-2-3-18(22-17(16)11-28-23(22)31)29-20-4-1-14(10-26-20)24(32)6-8-33-13-24;;/h2*1-5,7,9-10,12,32H,6,8,11,13H2,(H,26,29)(H,28,31);2*1H4/t2*24-;;/m10../s1. The average molecular weight is 923 g/mol. The number of pyridine rings is 4. The molecule has 2 fully saturated rings. The van der Waals surface area contributed by atoms with Crippen molar-refractivity contribution >= 4 is 46.1 Å². The van der Waals surface area contributed by atoms with Crippen LogP contribution in [-0.2, 0) is 33.8 Å². The molecule has 2 amide bonds. The van der Waals surface area contributed by atoms with Gasteiger partial charge in [0.25, 0.3) is 11.8 Å². The fourth-order valence-electron chi connectivity index (χ4n) is 9.02. The van der Waals surface area contributed by atoms with Gasteiger partial charge in [-0.15, -0.1) is 0 Å². The second-order valence-corrected chi connectivity index (χ2v) is 16.6. The number of aromatic nitrogens is 6. The van der Waals surface area contributed by atoms with Crippen molar-refractivity contribution in [2.75, 3.05) is 37.1 Å². The lowest BCUT2D eigenvalue weighted by molar-refractivity contribution is 0.0227. The Labute approximate surface area is 389 Å². The van der Waals surface area contributed by atoms with Gasteiger partial charge in [0.05, 0.1) is 59.5 Å². The van der Waals surface area contributed by atoms with Crippen molar-refractivity contribution in [3.05, 3.63) is 155 Å². The number of fused-ring (bicyclic) bond motifs is 4. The minimum atomic E-state index is -1.01. The second kappa shape index (κ2) is 17.9. The number of benzene rings is 2. The number of halogens is 2. The summed E-state index contributed by atoms with van der Waals surface area (Å²) in [6.07, 6.45) is 10.9. The van der Waals surface area contributed by atoms with Crippen molar-refractivity contribution in [1.29, 1.82) is 0 Å². The van der Waals surface area contributed by atoms with Crippen LogP contribution in [0.2, 0.25) is 0 Å². The van der Waals surface area contributed by atoms with E-state index in [1.54, 1.807) is 58.1 Å². The van der Waals surface area contributed by atoms with Crippen LogP contribution in [0.4, 0.5) is 31.8 Å². The number of imidazole rings is 2. The van der Waals surface area contributed by atoms with Gasteiger partial charge >= 0.3 is 0 Å². The first-order chi connectivity index (χ1) is 32.0. The summed E-state index contributed by atoms with van der Waals surface area (Å²) < 4.78 is 41.4. The molecule has 348 valence electrons. The molecule has 6 N–H and O–H groups in total. The molecule has 0 saturated carbocycles. The molecule has 68 heavy (non-hydrogen) atoms. The summed E-state index contributed by atoms with van der Waals surface area (Å²) in [6.45, 7) is 2.32. The summed E-state index contributed by atoms with van der Waals surface area (Å²) in [5.74, 6) is 0.0496. The molecule has 0 aliphatic carbocycles. The molecule has 2 aromatic carbocycles. The van der Waals surface area contributed by atoms with Gasteiger partial charge in [-0.05, 0) is 47.5 Å². The van der Waals surface area contributed by atoms with Crippen LogP contribution in [0.1, 0.15) is 70.7 Å². The van der Waals surface area contributed by atoms with Gasteiger partial charge in [0.2, 0.25) is 0 Å². The van der Waals surface area contributed by atoms with Gasteiger partial charge in [-0.2, -0.15) is 0 Å². The summed E-state index contributed by atoms with van der Waals surface area (Å²) in [5, 5.41) is 33.5. The summed E-state index contributed by atoms with van der Waals surface area (Å²) in [6, 6.07) is 20.2. The van der Waals surface area contributed by atoms with Crippen LogP contribution in [0.15, 0.2) is 110 Å². The van der Waals surface area contributed by atoms with E-state index in [1.807, 2.05) is 36.4 Å². The molecule has 6 aromatic heterocycles. The minimum Gasteiger partial charge on any atom is -0.383 e. The zero-order valence-corrected chi connectivity index (χ0v) is 35.0. The highest BCUT2D eigenvalue weighted by atomic mass is 19.1. The smallest absolute Gasteiger partial charge is 0.254 e. The number of hydrogen-bond donors (Lipinski definition) is 6. The first-order valence-corrected chi connectivity index (χ1v) is 21.3. The van der Waals surface area contributed by atoms with Gasteiger partial charge in [-0.25, -0.2) is 28.7 Å². The van der Waals surface area contributed by atoms with Crippen molar-refractivity contribution in [3.63, 3.8) is 0 Å². The molecular formula is C50H48F2N10O6. The minimum absolute atomic E-state index is 0. The van der Waals surface area contributed by atoms with Crippen LogP contribution in [0.25, 0.3) is 33.8 Å². The van der Waals surface area contributed by atoms with Crippen LogP contribution >= 0.6 is 0 Å². The maximum atomic E-state index is 13.6. The Morgan fingerprint density at radius 3 is 1.41 bits per heavy atom. The molecule has 18 heteroatoms. The number of carbonyl (C=O) groups is 2. The van der Waals surface area contributed by atoms with E-state index in [0.29, 0.717) is 95.7 Å². The lowest BCUT2D eigenvalue weighted by Crippen LogP contribution is -2.25. The fraction of sp³-hybridized carbons (Fsp3) is 0.240. The largest absolute Gasteiger partial charge is 0.383 e. The SMILES string of the molecule is C.C.O=C1NCc2c(-c3cnc4cc(F)ccn34)ccc(Nc3ccc([C@@]4(O)CCOC4)cn3)c21.O=C1NCc2c(-c3cnc4cc(F)ccn34)ccc(Nc3ccc([C@]4(O)CCOC4)cn3)c21. The Kier molecular flexibility index (Phi) is 12.0. The summed E-state index contributed by atoms with van der Waals surface area (Å²) in [7, 11) is 0. The Morgan fingerprint density at radius 2 is 1.03 bits per heavy atom. The van der Waals surface area contributed by atoms with E-state index >= 15 is 0 Å². The number of nitrogens with zero attached hydrogens (tertiary/aromatic N) is 6. The molecule has 0 spiro atoms. The van der Waals surface area contributed by atoms with E-state index in [2.05, 4.69) is 41.2 Å². The van der Waals surface area contributed by atoms with E-state index in [9.17, 15) is 28.6 Å². The molecule has 0 unspecified atom stereocenters. The molecular weight excluding hydrogens is 875 g/mol. The molecule has 0 bridgehead atoms. The maximum absolute atomic E-state index is 13.6. The van der Waals surface area contributed by atoms with Gasteiger partial charge in [0.15, 0.2) is 0 Å². The van der Waals surface area contributed by atoms with Crippen molar-refractivity contribution in [1.82, 2.24) is 39.4 Å². The zero-order chi connectivity index (χ0) is 45.2. The van der Waals surface area contributed by atoms with E-state index in [-0.39, 0.29) is 51.5 Å². The first-order valence-electron chi connectivity index (χ1n) is 21.3. The van der Waals surface area contributed by atoms with E-state index in [0.717, 1.165) is 33.6 Å². The van der Waals surface area contributed by atoms with Gasteiger partial charge < -0.3 is 41.0 Å². The van der Waals surface area contributed by atoms with Gasteiger partial charge in [-0.3, -0.25) is 18.4 Å². The second-order valence-electron chi connectivity index (χ2n) is 16.6. The fourth-order valence-corrected chi connectivity index (χ4v) is 9.02. The van der Waals surface area contributed by atoms with Gasteiger partial charge in [0.1, 0.15) is 45.8 Å². The summed E-state index contributed by atoms with van der Waals surface area (Å²) in [4.78, 5) is 42.8. The number of rotatable bonds is 8. The third-order valence-corrected chi connectivity index (χ3v) is 12.6. The quantitative estimate of drug-likeness (QED) is 0.0877. The van der Waals surface area contributed by atoms with E-state index in [4.69, 9.17) is 9.47 Å². The number of anilines is 4. The molecule has 2 saturated heterocycles. The van der Waals surface area contributed by atoms with Crippen molar-refractivity contribution < 1.29 is 38.1 Å². The third kappa shape index (κ3) is 8.06. The highest BCUT2D eigenvalue weighted by molar-refractivity contribution is 6.07. The molecule has 4 aliphatic rings. The Balaban J connectivity index is 0.000000165. The molecule has 2 atom stereocenters. The maximum Gasteiger partial charge on any atom is 0.254 e. The van der Waals surface area contributed by atoms with E-state index < -0.39 is 11.2 Å². The van der Waals surface area contributed by atoms with E-state index in [1.165, 1.54) is 24.3 Å². The lowest BCUT2D eigenvalue weighted by atomic mass is 9.95. The van der Waals surface area contributed by atoms with Crippen molar-refractivity contribution in [3.8, 4) is 22.5 Å². The molecule has 0 radical (unpaired) electrons. The highest BCUT2D eigenvalue weighted by Gasteiger charge is 2.36. The molecule has 8 aromatic rings. The molecule has 12 rings (SSSR count). The number of ether oxygens (including phenoxy) is 2. The molecule has 16 nitrogen and oxygen atoms in total. The Bertz CT molecular complexity index is 3000. The Hall–Kier alpha value is -7.64. The molecule has 10 heterocycles. The number of aliphatic hydroxyl groups is 2. The van der Waals surface area contributed by atoms with Crippen molar-refractivity contribution in [2.24, 2.45) is 0 Å². The van der Waals surface area contributed by atoms with Crippen LogP contribution in [0.5, 0.6) is 0 Å². The average Bonchev–Trinajstić information content (AvgIpc) is 4.20. The summed E-state index contributed by atoms with van der Waals surface area (Å²) in [5.41, 5.74) is 7.65. The van der Waals surface area contributed by atoms with Gasteiger partial charge in [0, 0.05) is 98.3 Å². The highest BCUT2D eigenvalue weighted by Crippen LogP contribution is 2.38. The van der Waals surface area contributed by atoms with Gasteiger partial charge in [-0.1, -0.05) is 39.1 Å². The van der Waals surface area contributed by atoms with Crippen LogP contribution < -0.4 is 21.3 Å². The normalized spacial score (nSPS) is 19.1. The van der Waals surface area contributed by atoms with Crippen LogP contribution in [0, 0.1) is 11.6 Å². The zero-order valence-electron chi connectivity index (χ0n) is 35.0. The predicted octanol–water partition coefficient (Wildman–Crippen LogP) is 7.53. The first kappa shape index (κ1) is 45.5. The number of carbonyl (C=O) groups excluding carboxylic acids is 2. The number of hydrogen-bond acceptors (Lipinski definition) is 12. The number of amides is 2. The monoisotopic (exact) mass is 922 g/mol. The molecule has 4 aliphatic heterocycles. The van der Waals surface area contributed by atoms with Crippen LogP contribution in [0.3, 0.4) is 0 Å². The summed E-state index contributed by atoms with van der Waals surface area (Å²) >= 11 is 0. The lowest BCUT2D eigenvalue weighted by Gasteiger charge is -2.20. The number of nitrogens with one attached hydrogen (secondary N) is 4. The topological polar surface area (TPSA) is 202 Å². The Morgan fingerprint density at radius 1 is 0.588 bits per heavy atom. The van der Waals surface area contributed by atoms with Crippen molar-refractivity contribution in [2.45, 2.75) is 52.0 Å². The van der Waals surface area contributed by atoms with Crippen LogP contribution in [-0.4, -0.2) is 77.2 Å². The third-order valence-electron chi connectivity index (χ3n) is 12.6.